The number of aliphatic carboxylic acids is 1. The molecule has 1 aliphatic heterocycles. The minimum atomic E-state index is -3.90. The molecule has 0 saturated heterocycles. The van der Waals surface area contributed by atoms with Crippen LogP contribution in [-0.2, 0) is 26.0 Å². The number of amides is 1. The number of nitrogens with zero attached hydrogens (tertiary/aromatic N) is 2. The molecule has 2 N–H and O–H groups in total. The first-order valence-corrected chi connectivity index (χ1v) is 16.7. The average Bonchev–Trinajstić information content (AvgIpc) is 3.06. The number of aryl methyl sites for hydroxylation is 1. The summed E-state index contributed by atoms with van der Waals surface area (Å²) >= 11 is 6.75. The van der Waals surface area contributed by atoms with Gasteiger partial charge in [0.25, 0.3) is 0 Å². The number of hydrogen-bond donors (Lipinski definition) is 2. The van der Waals surface area contributed by atoms with Crippen molar-refractivity contribution in [3.63, 3.8) is 0 Å². The summed E-state index contributed by atoms with van der Waals surface area (Å²) in [4.78, 5) is 26.3. The number of sulfonamides is 1. The van der Waals surface area contributed by atoms with Gasteiger partial charge in [-0.2, -0.15) is 4.31 Å². The van der Waals surface area contributed by atoms with Crippen molar-refractivity contribution in [3.8, 4) is 0 Å². The predicted octanol–water partition coefficient (Wildman–Crippen LogP) is 6.36. The molecule has 1 heterocycles. The van der Waals surface area contributed by atoms with Crippen molar-refractivity contribution >= 4 is 45.1 Å². The van der Waals surface area contributed by atoms with Gasteiger partial charge in [0.15, 0.2) is 0 Å². The summed E-state index contributed by atoms with van der Waals surface area (Å²) in [7, 11) is -2.23. The molecule has 42 heavy (non-hydrogen) atoms. The molecule has 0 spiro atoms. The highest BCUT2D eigenvalue weighted by atomic mass is 35.5. The van der Waals surface area contributed by atoms with Crippen molar-refractivity contribution in [1.29, 1.82) is 0 Å². The Morgan fingerprint density at radius 1 is 1.12 bits per heavy atom. The second-order valence-corrected chi connectivity index (χ2v) is 13.6. The van der Waals surface area contributed by atoms with Gasteiger partial charge in [0.05, 0.1) is 12.3 Å². The Morgan fingerprint density at radius 3 is 2.50 bits per heavy atom. The first-order chi connectivity index (χ1) is 20.1. The van der Waals surface area contributed by atoms with Gasteiger partial charge in [0.2, 0.25) is 10.0 Å². The Kier molecular flexibility index (Phi) is 11.1. The third-order valence-corrected chi connectivity index (χ3v) is 10.7. The van der Waals surface area contributed by atoms with Crippen LogP contribution in [0.3, 0.4) is 0 Å². The second-order valence-electron chi connectivity index (χ2n) is 11.3. The van der Waals surface area contributed by atoms with E-state index in [0.717, 1.165) is 44.2 Å². The fraction of sp³-hybridized carbons (Fsp3) is 0.548. The molecule has 1 aliphatic carbocycles. The lowest BCUT2D eigenvalue weighted by atomic mass is 9.83. The Labute approximate surface area is 254 Å². The molecule has 0 bridgehead atoms. The zero-order valence-electron chi connectivity index (χ0n) is 24.4. The number of unbranched alkanes of at least 4 members (excludes halogenated alkanes) is 2. The highest BCUT2D eigenvalue weighted by molar-refractivity contribution is 7.89. The van der Waals surface area contributed by atoms with Gasteiger partial charge in [-0.15, -0.1) is 0 Å². The molecule has 2 aromatic carbocycles. The fourth-order valence-corrected chi connectivity index (χ4v) is 7.89. The molecule has 2 atom stereocenters. The zero-order chi connectivity index (χ0) is 30.3. The van der Waals surface area contributed by atoms with Crippen molar-refractivity contribution in [2.75, 3.05) is 25.1 Å². The van der Waals surface area contributed by atoms with E-state index >= 15 is 0 Å². The van der Waals surface area contributed by atoms with Crippen molar-refractivity contribution in [1.82, 2.24) is 9.62 Å². The smallest absolute Gasteiger partial charge is 0.407 e. The molecule has 9 nitrogen and oxygen atoms in total. The van der Waals surface area contributed by atoms with Crippen LogP contribution in [0, 0.1) is 5.92 Å². The summed E-state index contributed by atoms with van der Waals surface area (Å²) in [5.74, 6) is -0.956. The molecule has 2 aliphatic rings. The van der Waals surface area contributed by atoms with Gasteiger partial charge in [0.1, 0.15) is 10.9 Å². The predicted molar refractivity (Wildman–Crippen MR) is 164 cm³/mol. The lowest BCUT2D eigenvalue weighted by molar-refractivity contribution is -0.139. The summed E-state index contributed by atoms with van der Waals surface area (Å²) in [6, 6.07) is 11.5. The van der Waals surface area contributed by atoms with Gasteiger partial charge in [-0.05, 0) is 67.9 Å². The maximum Gasteiger partial charge on any atom is 0.407 e. The third kappa shape index (κ3) is 7.57. The van der Waals surface area contributed by atoms with Crippen LogP contribution in [0.1, 0.15) is 70.3 Å². The van der Waals surface area contributed by atoms with Crippen LogP contribution >= 0.6 is 11.6 Å². The number of fused-ring (bicyclic) bond motifs is 1. The summed E-state index contributed by atoms with van der Waals surface area (Å²) in [5.41, 5.74) is 1.88. The molecule has 0 radical (unpaired) electrons. The fourth-order valence-electron chi connectivity index (χ4n) is 6.00. The van der Waals surface area contributed by atoms with Crippen molar-refractivity contribution in [2.45, 2.75) is 88.1 Å². The number of nitrogens with one attached hydrogen (secondary N) is 1. The van der Waals surface area contributed by atoms with Crippen LogP contribution in [0.15, 0.2) is 47.4 Å². The summed E-state index contributed by atoms with van der Waals surface area (Å²) in [6.07, 6.45) is 7.29. The molecule has 11 heteroatoms. The molecular formula is C31H42ClN3O6S. The van der Waals surface area contributed by atoms with Gasteiger partial charge in [-0.25, -0.2) is 18.0 Å². The molecule has 1 fully saturated rings. The highest BCUT2D eigenvalue weighted by Gasteiger charge is 2.41. The van der Waals surface area contributed by atoms with Crippen LogP contribution in [0.4, 0.5) is 16.2 Å². The first kappa shape index (κ1) is 32.1. The highest BCUT2D eigenvalue weighted by Crippen LogP contribution is 2.42. The van der Waals surface area contributed by atoms with Crippen molar-refractivity contribution in [3.05, 3.63) is 53.1 Å². The SMILES string of the molecule is CCCCCOC(=O)N[C@@H](CCc1cc2c(cc1Cl)N(c1ccccc1)C[C@@H](C1CCCCC1)N(C)S2(=O)=O)C(=O)O. The molecule has 1 saturated carbocycles. The van der Waals surface area contributed by atoms with E-state index in [1.807, 2.05) is 42.2 Å². The van der Waals surface area contributed by atoms with Gasteiger partial charge in [0, 0.05) is 30.3 Å². The normalized spacial score (nSPS) is 19.9. The summed E-state index contributed by atoms with van der Waals surface area (Å²) < 4.78 is 34.9. The Balaban J connectivity index is 1.63. The molecule has 1 amide bonds. The van der Waals surface area contributed by atoms with E-state index in [0.29, 0.717) is 29.2 Å². The number of rotatable bonds is 11. The molecule has 0 aromatic heterocycles. The zero-order valence-corrected chi connectivity index (χ0v) is 26.0. The number of carboxylic acids is 1. The Hall–Kier alpha value is -2.82. The maximum atomic E-state index is 14.1. The van der Waals surface area contributed by atoms with E-state index in [-0.39, 0.29) is 36.3 Å². The van der Waals surface area contributed by atoms with E-state index in [1.54, 1.807) is 19.2 Å². The molecule has 4 rings (SSSR count). The van der Waals surface area contributed by atoms with Crippen LogP contribution < -0.4 is 10.2 Å². The number of ether oxygens (including phenoxy) is 1. The quantitative estimate of drug-likeness (QED) is 0.281. The third-order valence-electron chi connectivity index (χ3n) is 8.45. The largest absolute Gasteiger partial charge is 0.480 e. The van der Waals surface area contributed by atoms with Gasteiger partial charge < -0.3 is 20.1 Å². The van der Waals surface area contributed by atoms with E-state index in [1.165, 1.54) is 10.7 Å². The van der Waals surface area contributed by atoms with E-state index < -0.39 is 28.1 Å². The lowest BCUT2D eigenvalue weighted by Gasteiger charge is -2.36. The number of para-hydroxylation sites is 1. The van der Waals surface area contributed by atoms with E-state index in [9.17, 15) is 23.1 Å². The monoisotopic (exact) mass is 619 g/mol. The number of carbonyl (C=O) groups excluding carboxylic acids is 1. The number of carboxylic acid groups (broad SMARTS) is 1. The molecule has 0 unspecified atom stereocenters. The minimum Gasteiger partial charge on any atom is -0.480 e. The topological polar surface area (TPSA) is 116 Å². The van der Waals surface area contributed by atoms with Crippen LogP contribution in [0.5, 0.6) is 0 Å². The molecule has 2 aromatic rings. The summed E-state index contributed by atoms with van der Waals surface area (Å²) in [6.45, 7) is 2.75. The number of benzene rings is 2. The molecular weight excluding hydrogens is 578 g/mol. The number of hydrogen-bond acceptors (Lipinski definition) is 6. The van der Waals surface area contributed by atoms with Gasteiger partial charge in [-0.3, -0.25) is 0 Å². The van der Waals surface area contributed by atoms with Gasteiger partial charge in [-0.1, -0.05) is 68.8 Å². The lowest BCUT2D eigenvalue weighted by Crippen LogP contribution is -2.46. The van der Waals surface area contributed by atoms with E-state index in [4.69, 9.17) is 16.3 Å². The van der Waals surface area contributed by atoms with Crippen LogP contribution in [0.25, 0.3) is 0 Å². The number of anilines is 2. The average molecular weight is 620 g/mol. The Morgan fingerprint density at radius 2 is 1.83 bits per heavy atom. The summed E-state index contributed by atoms with van der Waals surface area (Å²) in [5, 5.41) is 12.5. The minimum absolute atomic E-state index is 0.0148. The Bertz CT molecular complexity index is 1330. The van der Waals surface area contributed by atoms with Crippen LogP contribution in [0.2, 0.25) is 5.02 Å². The number of likely N-dealkylation sites (N-methyl/N-ethyl adjacent to an activating group) is 1. The number of halogens is 1. The standard InChI is InChI=1S/C31H42ClN3O6S/c1-3-4-11-18-41-31(38)33-26(30(36)37)17-16-23-19-29-27(20-25(23)32)35(24-14-9-6-10-15-24)21-28(34(2)42(29,39)40)22-12-7-5-8-13-22/h6,9-10,14-15,19-20,22,26,28H,3-5,7-8,11-13,16-18,21H2,1-2H3,(H,33,38)(H,36,37)/t26-,28-/m0/s1. The second kappa shape index (κ2) is 14.6. The van der Waals surface area contributed by atoms with Crippen LogP contribution in [-0.4, -0.2) is 62.2 Å². The molecule has 230 valence electrons. The number of carbonyl (C=O) groups is 2. The van der Waals surface area contributed by atoms with Gasteiger partial charge >= 0.3 is 12.1 Å². The number of alkyl carbamates (subject to hydrolysis) is 1. The maximum absolute atomic E-state index is 14.1. The van der Waals surface area contributed by atoms with Crippen molar-refractivity contribution in [2.24, 2.45) is 5.92 Å². The van der Waals surface area contributed by atoms with E-state index in [2.05, 4.69) is 5.32 Å². The first-order valence-electron chi connectivity index (χ1n) is 14.9. The van der Waals surface area contributed by atoms with Crippen molar-refractivity contribution < 1.29 is 27.9 Å².